The summed E-state index contributed by atoms with van der Waals surface area (Å²) in [4.78, 5) is 14.8. The number of allylic oxidation sites excluding steroid dienone is 3. The topological polar surface area (TPSA) is 55.6 Å². The number of fused-ring (bicyclic) bond motifs is 1. The van der Waals surface area contributed by atoms with Crippen molar-refractivity contribution in [2.24, 2.45) is 5.73 Å². The van der Waals surface area contributed by atoms with Gasteiger partial charge in [-0.2, -0.15) is 0 Å². The molecule has 0 aromatic heterocycles. The smallest absolute Gasteiger partial charge is 0.252 e. The highest BCUT2D eigenvalue weighted by Gasteiger charge is 2.29. The van der Waals surface area contributed by atoms with Gasteiger partial charge in [0.1, 0.15) is 5.75 Å². The lowest BCUT2D eigenvalue weighted by Gasteiger charge is -2.34. The fraction of sp³-hybridized carbons (Fsp3) is 0.483. The fourth-order valence-corrected chi connectivity index (χ4v) is 5.42. The minimum atomic E-state index is 0.0487. The highest BCUT2D eigenvalue weighted by atomic mass is 31.1. The molecule has 1 aromatic rings. The summed E-state index contributed by atoms with van der Waals surface area (Å²) in [5.74, 6) is 1.02. The second-order valence-electron chi connectivity index (χ2n) is 8.65. The third-order valence-electron chi connectivity index (χ3n) is 6.09. The number of unbranched alkanes of at least 4 members (excludes halogenated alkanes) is 1. The number of aryl methyl sites for hydroxylation is 1. The van der Waals surface area contributed by atoms with Gasteiger partial charge in [0.2, 0.25) is 0 Å². The van der Waals surface area contributed by atoms with E-state index in [0.29, 0.717) is 8.58 Å². The monoisotopic (exact) mass is 482 g/mol. The molecule has 0 bridgehead atoms. The van der Waals surface area contributed by atoms with Gasteiger partial charge in [-0.25, -0.2) is 0 Å². The van der Waals surface area contributed by atoms with E-state index in [1.807, 2.05) is 44.0 Å². The number of ether oxygens (including phenoxy) is 1. The molecule has 3 aliphatic rings. The zero-order valence-electron chi connectivity index (χ0n) is 21.9. The van der Waals surface area contributed by atoms with Crippen LogP contribution in [0.15, 0.2) is 59.8 Å². The Balaban J connectivity index is 0.000000618. The van der Waals surface area contributed by atoms with Crippen LogP contribution in [0.25, 0.3) is 5.31 Å². The second kappa shape index (κ2) is 14.3. The third kappa shape index (κ3) is 7.42. The normalized spacial score (nSPS) is 22.1. The molecule has 34 heavy (non-hydrogen) atoms. The predicted molar refractivity (Wildman–Crippen MR) is 148 cm³/mol. The Morgan fingerprint density at radius 2 is 1.94 bits per heavy atom. The van der Waals surface area contributed by atoms with Gasteiger partial charge in [0, 0.05) is 18.3 Å². The minimum Gasteiger partial charge on any atom is -0.496 e. The molecule has 186 valence electrons. The molecule has 0 saturated carbocycles. The zero-order chi connectivity index (χ0) is 25.1. The van der Waals surface area contributed by atoms with Crippen molar-refractivity contribution in [3.63, 3.8) is 0 Å². The first-order valence-electron chi connectivity index (χ1n) is 12.8. The van der Waals surface area contributed by atoms with Crippen molar-refractivity contribution in [1.82, 2.24) is 4.90 Å². The number of nitrogens with zero attached hydrogens (tertiary/aromatic N) is 1. The lowest BCUT2D eigenvalue weighted by atomic mass is 9.98. The van der Waals surface area contributed by atoms with Crippen molar-refractivity contribution < 1.29 is 9.53 Å². The maximum absolute atomic E-state index is 12.9. The number of benzene rings is 1. The van der Waals surface area contributed by atoms with Crippen LogP contribution in [0.4, 0.5) is 0 Å². The molecule has 2 unspecified atom stereocenters. The van der Waals surface area contributed by atoms with E-state index in [2.05, 4.69) is 38.1 Å². The minimum absolute atomic E-state index is 0.0487. The zero-order valence-corrected chi connectivity index (χ0v) is 22.9. The quantitative estimate of drug-likeness (QED) is 0.458. The predicted octanol–water partition coefficient (Wildman–Crippen LogP) is 7.31. The SMILES string of the molecule is CC.CCCC.COc1ccc(C2=CC(=O)N3C=C(C4=CCCC[C@H](N)C4)C=CC3P2)cc1C. The molecule has 4 rings (SSSR count). The molecule has 0 spiro atoms. The third-order valence-corrected chi connectivity index (χ3v) is 7.60. The molecule has 1 aromatic carbocycles. The van der Waals surface area contributed by atoms with Crippen LogP contribution in [0.3, 0.4) is 0 Å². The van der Waals surface area contributed by atoms with Crippen molar-refractivity contribution in [3.05, 3.63) is 71.0 Å². The Morgan fingerprint density at radius 1 is 1.21 bits per heavy atom. The van der Waals surface area contributed by atoms with Crippen molar-refractivity contribution in [1.29, 1.82) is 0 Å². The average molecular weight is 483 g/mol. The summed E-state index contributed by atoms with van der Waals surface area (Å²) in [6.07, 6.45) is 17.2. The maximum atomic E-state index is 12.9. The number of rotatable bonds is 4. The Bertz CT molecular complexity index is 943. The highest BCUT2D eigenvalue weighted by molar-refractivity contribution is 7.51. The van der Waals surface area contributed by atoms with Gasteiger partial charge in [-0.15, -0.1) is 0 Å². The van der Waals surface area contributed by atoms with Crippen molar-refractivity contribution in [3.8, 4) is 5.75 Å². The number of hydrogen-bond donors (Lipinski definition) is 1. The van der Waals surface area contributed by atoms with E-state index >= 15 is 0 Å². The van der Waals surface area contributed by atoms with Gasteiger partial charge in [0.05, 0.1) is 12.9 Å². The van der Waals surface area contributed by atoms with E-state index < -0.39 is 0 Å². The lowest BCUT2D eigenvalue weighted by molar-refractivity contribution is -0.123. The molecule has 4 nitrogen and oxygen atoms in total. The first-order valence-corrected chi connectivity index (χ1v) is 13.8. The van der Waals surface area contributed by atoms with Gasteiger partial charge in [0.25, 0.3) is 5.91 Å². The second-order valence-corrected chi connectivity index (χ2v) is 10.1. The summed E-state index contributed by atoms with van der Waals surface area (Å²) in [6.45, 7) is 10.4. The summed E-state index contributed by atoms with van der Waals surface area (Å²) in [5.41, 5.74) is 10.8. The first-order chi connectivity index (χ1) is 16.5. The summed E-state index contributed by atoms with van der Waals surface area (Å²) in [6, 6.07) is 6.33. The van der Waals surface area contributed by atoms with Crippen LogP contribution in [-0.2, 0) is 4.79 Å². The van der Waals surface area contributed by atoms with Crippen LogP contribution >= 0.6 is 8.58 Å². The summed E-state index contributed by atoms with van der Waals surface area (Å²) < 4.78 is 5.35. The number of nitrogens with two attached hydrogens (primary N) is 1. The van der Waals surface area contributed by atoms with Crippen LogP contribution in [-0.4, -0.2) is 29.7 Å². The Hall–Kier alpha value is -2.16. The number of hydrogen-bond acceptors (Lipinski definition) is 3. The number of methoxy groups -OCH3 is 1. The van der Waals surface area contributed by atoms with E-state index in [4.69, 9.17) is 10.5 Å². The van der Waals surface area contributed by atoms with Gasteiger partial charge in [0.15, 0.2) is 0 Å². The van der Waals surface area contributed by atoms with Gasteiger partial charge in [-0.3, -0.25) is 4.79 Å². The Kier molecular flexibility index (Phi) is 11.8. The van der Waals surface area contributed by atoms with E-state index in [0.717, 1.165) is 53.4 Å². The van der Waals surface area contributed by atoms with Gasteiger partial charge in [-0.05, 0) is 72.3 Å². The van der Waals surface area contributed by atoms with E-state index in [1.54, 1.807) is 13.2 Å². The van der Waals surface area contributed by atoms with E-state index in [-0.39, 0.29) is 17.7 Å². The molecule has 2 heterocycles. The first kappa shape index (κ1) is 28.1. The van der Waals surface area contributed by atoms with Crippen molar-refractivity contribution in [2.75, 3.05) is 7.11 Å². The molecule has 1 aliphatic carbocycles. The molecule has 2 N–H and O–H groups in total. The summed E-state index contributed by atoms with van der Waals surface area (Å²) >= 11 is 0. The van der Waals surface area contributed by atoms with Crippen molar-refractivity contribution >= 4 is 19.8 Å². The van der Waals surface area contributed by atoms with Gasteiger partial charge >= 0.3 is 0 Å². The number of amides is 1. The Morgan fingerprint density at radius 3 is 2.59 bits per heavy atom. The molecule has 0 radical (unpaired) electrons. The number of carbonyl (C=O) groups excluding carboxylic acids is 1. The molecule has 5 heteroatoms. The standard InChI is InChI=1S/C23H27N2O2P.C4H10.C2H6/c1-15-11-17(7-9-20(15)27-2)21-13-22(26)25-14-18(8-10-23(25)28-21)16-5-3-4-6-19(24)12-16;1-3-4-2;1-2/h5,7-11,13-14,19,23,28H,3-4,6,12,24H2,1-2H3;3-4H2,1-2H3;1-2H3/t19-,23?;;/m0../s1. The van der Waals surface area contributed by atoms with Crippen LogP contribution in [0.5, 0.6) is 5.75 Å². The van der Waals surface area contributed by atoms with Crippen molar-refractivity contribution in [2.45, 2.75) is 85.0 Å². The molecular formula is C29H43N2O2P. The Labute approximate surface area is 208 Å². The summed E-state index contributed by atoms with van der Waals surface area (Å²) in [7, 11) is 2.20. The largest absolute Gasteiger partial charge is 0.496 e. The molecular weight excluding hydrogens is 439 g/mol. The molecule has 3 atom stereocenters. The average Bonchev–Trinajstić information content (AvgIpc) is 3.09. The summed E-state index contributed by atoms with van der Waals surface area (Å²) in [5, 5.41) is 1.11. The molecule has 2 aliphatic heterocycles. The van der Waals surface area contributed by atoms with Gasteiger partial charge in [-0.1, -0.05) is 73.4 Å². The lowest BCUT2D eigenvalue weighted by Crippen LogP contribution is -2.35. The fourth-order valence-electron chi connectivity index (χ4n) is 4.04. The van der Waals surface area contributed by atoms with E-state index in [9.17, 15) is 4.79 Å². The highest BCUT2D eigenvalue weighted by Crippen LogP contribution is 2.45. The molecule has 0 saturated heterocycles. The van der Waals surface area contributed by atoms with Gasteiger partial charge < -0.3 is 15.4 Å². The van der Waals surface area contributed by atoms with Crippen LogP contribution in [0.2, 0.25) is 0 Å². The maximum Gasteiger partial charge on any atom is 0.252 e. The van der Waals surface area contributed by atoms with Crippen LogP contribution in [0.1, 0.15) is 77.3 Å². The van der Waals surface area contributed by atoms with Crippen LogP contribution in [0, 0.1) is 6.92 Å². The van der Waals surface area contributed by atoms with Crippen LogP contribution < -0.4 is 10.5 Å². The van der Waals surface area contributed by atoms with E-state index in [1.165, 1.54) is 18.4 Å². The number of carbonyl (C=O) groups is 1. The molecule has 0 fully saturated rings. The molecule has 1 amide bonds.